The molecule has 1 saturated carbocycles. The number of nitrogens with zero attached hydrogens (tertiary/aromatic N) is 1. The second-order valence-corrected chi connectivity index (χ2v) is 5.79. The molecule has 1 atom stereocenters. The van der Waals surface area contributed by atoms with Crippen LogP contribution in [0.15, 0.2) is 17.1 Å². The zero-order valence-electron chi connectivity index (χ0n) is 11.5. The maximum atomic E-state index is 12.6. The Labute approximate surface area is 116 Å². The van der Waals surface area contributed by atoms with Crippen molar-refractivity contribution in [3.8, 4) is 5.75 Å². The molecule has 1 aromatic rings. The van der Waals surface area contributed by atoms with Gasteiger partial charge in [0.2, 0.25) is 0 Å². The largest absolute Gasteiger partial charge is 0.496 e. The van der Waals surface area contributed by atoms with Crippen LogP contribution >= 0.6 is 0 Å². The number of aromatic nitrogens is 1. The summed E-state index contributed by atoms with van der Waals surface area (Å²) in [6.07, 6.45) is 4.81. The van der Waals surface area contributed by atoms with E-state index in [9.17, 15) is 9.59 Å². The third-order valence-electron chi connectivity index (χ3n) is 4.68. The minimum atomic E-state index is -0.285. The van der Waals surface area contributed by atoms with Crippen LogP contribution in [0.3, 0.4) is 0 Å². The smallest absolute Gasteiger partial charge is 0.259 e. The summed E-state index contributed by atoms with van der Waals surface area (Å²) in [4.78, 5) is 28.2. The van der Waals surface area contributed by atoms with E-state index < -0.39 is 0 Å². The molecule has 2 aliphatic rings. The Morgan fingerprint density at radius 2 is 2.30 bits per heavy atom. The third kappa shape index (κ3) is 1.91. The molecule has 1 amide bonds. The number of pyridine rings is 1. The Balaban J connectivity index is 1.85. The first-order chi connectivity index (χ1) is 9.55. The lowest BCUT2D eigenvalue weighted by Crippen LogP contribution is -2.45. The molecule has 6 nitrogen and oxygen atoms in total. The van der Waals surface area contributed by atoms with E-state index in [-0.39, 0.29) is 22.9 Å². The molecular weight excluding hydrogens is 258 g/mol. The van der Waals surface area contributed by atoms with Crippen molar-refractivity contribution in [2.24, 2.45) is 11.1 Å². The highest BCUT2D eigenvalue weighted by Crippen LogP contribution is 2.47. The van der Waals surface area contributed by atoms with E-state index in [0.29, 0.717) is 24.4 Å². The first-order valence-electron chi connectivity index (χ1n) is 6.87. The van der Waals surface area contributed by atoms with Gasteiger partial charge in [0.1, 0.15) is 5.75 Å². The fourth-order valence-electron chi connectivity index (χ4n) is 3.27. The molecule has 2 heterocycles. The van der Waals surface area contributed by atoms with Crippen LogP contribution in [0.5, 0.6) is 5.75 Å². The van der Waals surface area contributed by atoms with Crippen LogP contribution in [0, 0.1) is 5.41 Å². The molecule has 3 rings (SSSR count). The lowest BCUT2D eigenvalue weighted by atomic mass is 9.66. The number of rotatable bonds is 2. The molecule has 0 radical (unpaired) electrons. The van der Waals surface area contributed by atoms with Crippen molar-refractivity contribution < 1.29 is 9.53 Å². The first-order valence-corrected chi connectivity index (χ1v) is 6.87. The minimum Gasteiger partial charge on any atom is -0.496 e. The summed E-state index contributed by atoms with van der Waals surface area (Å²) >= 11 is 0. The van der Waals surface area contributed by atoms with Crippen molar-refractivity contribution in [1.29, 1.82) is 0 Å². The molecule has 1 spiro atoms. The third-order valence-corrected chi connectivity index (χ3v) is 4.68. The molecule has 20 heavy (non-hydrogen) atoms. The predicted octanol–water partition coefficient (Wildman–Crippen LogP) is 0.337. The van der Waals surface area contributed by atoms with E-state index in [1.165, 1.54) is 25.8 Å². The summed E-state index contributed by atoms with van der Waals surface area (Å²) in [5.74, 6) is 0.180. The van der Waals surface area contributed by atoms with Gasteiger partial charge in [0, 0.05) is 36.8 Å². The second kappa shape index (κ2) is 4.63. The highest BCUT2D eigenvalue weighted by atomic mass is 16.5. The van der Waals surface area contributed by atoms with E-state index in [0.717, 1.165) is 12.8 Å². The van der Waals surface area contributed by atoms with E-state index in [1.54, 1.807) is 4.90 Å². The number of ether oxygens (including phenoxy) is 1. The van der Waals surface area contributed by atoms with Gasteiger partial charge < -0.3 is 20.4 Å². The van der Waals surface area contributed by atoms with Gasteiger partial charge in [-0.1, -0.05) is 6.42 Å². The molecule has 108 valence electrons. The molecular formula is C14H19N3O3. The summed E-state index contributed by atoms with van der Waals surface area (Å²) < 4.78 is 5.13. The van der Waals surface area contributed by atoms with Crippen molar-refractivity contribution in [3.05, 3.63) is 28.2 Å². The lowest BCUT2D eigenvalue weighted by molar-refractivity contribution is 0.0723. The van der Waals surface area contributed by atoms with Crippen LogP contribution in [0.1, 0.15) is 29.6 Å². The Morgan fingerprint density at radius 1 is 1.55 bits per heavy atom. The van der Waals surface area contributed by atoms with Gasteiger partial charge >= 0.3 is 0 Å². The number of H-pyrrole nitrogens is 1. The summed E-state index contributed by atoms with van der Waals surface area (Å²) in [6, 6.07) is 1.34. The van der Waals surface area contributed by atoms with Crippen LogP contribution in [0.2, 0.25) is 0 Å². The van der Waals surface area contributed by atoms with E-state index in [4.69, 9.17) is 10.5 Å². The number of likely N-dealkylation sites (tertiary alicyclic amines) is 1. The van der Waals surface area contributed by atoms with Gasteiger partial charge in [0.15, 0.2) is 0 Å². The van der Waals surface area contributed by atoms with Crippen LogP contribution in [0.4, 0.5) is 0 Å². The number of carbonyl (C=O) groups excluding carboxylic acids is 1. The van der Waals surface area contributed by atoms with Crippen LogP contribution in [-0.2, 0) is 0 Å². The van der Waals surface area contributed by atoms with Crippen LogP contribution < -0.4 is 16.0 Å². The summed E-state index contributed by atoms with van der Waals surface area (Å²) in [7, 11) is 1.45. The molecule has 0 bridgehead atoms. The summed E-state index contributed by atoms with van der Waals surface area (Å²) in [6.45, 7) is 1.27. The molecule has 1 aromatic heterocycles. The van der Waals surface area contributed by atoms with E-state index in [2.05, 4.69) is 4.98 Å². The zero-order valence-corrected chi connectivity index (χ0v) is 11.5. The SMILES string of the molecule is COc1cc(=O)[nH]cc1C(=O)N1CC(N)C2(CCC2)C1. The van der Waals surface area contributed by atoms with Gasteiger partial charge in [0.25, 0.3) is 11.5 Å². The van der Waals surface area contributed by atoms with Gasteiger partial charge in [-0.2, -0.15) is 0 Å². The normalized spacial score (nSPS) is 23.7. The van der Waals surface area contributed by atoms with Crippen LogP contribution in [-0.4, -0.2) is 42.0 Å². The van der Waals surface area contributed by atoms with Crippen molar-refractivity contribution in [3.63, 3.8) is 0 Å². The van der Waals surface area contributed by atoms with Crippen molar-refractivity contribution in [1.82, 2.24) is 9.88 Å². The Morgan fingerprint density at radius 3 is 2.85 bits per heavy atom. The molecule has 0 aromatic carbocycles. The highest BCUT2D eigenvalue weighted by Gasteiger charge is 2.50. The fourth-order valence-corrected chi connectivity index (χ4v) is 3.27. The van der Waals surface area contributed by atoms with Gasteiger partial charge in [-0.05, 0) is 12.8 Å². The molecule has 1 unspecified atom stereocenters. The molecule has 3 N–H and O–H groups in total. The number of carbonyl (C=O) groups is 1. The molecule has 1 aliphatic carbocycles. The average Bonchev–Trinajstić information content (AvgIpc) is 2.75. The van der Waals surface area contributed by atoms with E-state index >= 15 is 0 Å². The molecule has 2 fully saturated rings. The number of methoxy groups -OCH3 is 1. The Kier molecular flexibility index (Phi) is 3.05. The predicted molar refractivity (Wildman–Crippen MR) is 73.8 cm³/mol. The monoisotopic (exact) mass is 277 g/mol. The standard InChI is InChI=1S/C14H19N3O3/c1-20-10-5-12(18)16-6-9(10)13(19)17-7-11(15)14(8-17)3-2-4-14/h5-6,11H,2-4,7-8,15H2,1H3,(H,16,18). The van der Waals surface area contributed by atoms with Gasteiger partial charge in [0.05, 0.1) is 12.7 Å². The molecule has 1 aliphatic heterocycles. The minimum absolute atomic E-state index is 0.0500. The highest BCUT2D eigenvalue weighted by molar-refractivity contribution is 5.96. The number of nitrogens with two attached hydrogens (primary N) is 1. The van der Waals surface area contributed by atoms with Crippen molar-refractivity contribution in [2.45, 2.75) is 25.3 Å². The van der Waals surface area contributed by atoms with Crippen LogP contribution in [0.25, 0.3) is 0 Å². The summed E-state index contributed by atoms with van der Waals surface area (Å²) in [5.41, 5.74) is 6.41. The number of amides is 1. The maximum absolute atomic E-state index is 12.6. The topological polar surface area (TPSA) is 88.4 Å². The lowest BCUT2D eigenvalue weighted by Gasteiger charge is -2.41. The van der Waals surface area contributed by atoms with Gasteiger partial charge in [-0.3, -0.25) is 9.59 Å². The Hall–Kier alpha value is -1.82. The second-order valence-electron chi connectivity index (χ2n) is 5.79. The summed E-state index contributed by atoms with van der Waals surface area (Å²) in [5, 5.41) is 0. The molecule has 1 saturated heterocycles. The van der Waals surface area contributed by atoms with Crippen molar-refractivity contribution in [2.75, 3.05) is 20.2 Å². The maximum Gasteiger partial charge on any atom is 0.259 e. The quantitative estimate of drug-likeness (QED) is 0.815. The zero-order chi connectivity index (χ0) is 14.3. The first kappa shape index (κ1) is 13.2. The number of hydrogen-bond acceptors (Lipinski definition) is 4. The number of nitrogens with one attached hydrogen (secondary N) is 1. The van der Waals surface area contributed by atoms with Crippen molar-refractivity contribution >= 4 is 5.91 Å². The number of aromatic amines is 1. The van der Waals surface area contributed by atoms with Gasteiger partial charge in [-0.15, -0.1) is 0 Å². The Bertz CT molecular complexity index is 592. The number of hydrogen-bond donors (Lipinski definition) is 2. The molecule has 6 heteroatoms. The van der Waals surface area contributed by atoms with E-state index in [1.807, 2.05) is 0 Å². The fraction of sp³-hybridized carbons (Fsp3) is 0.571. The van der Waals surface area contributed by atoms with Gasteiger partial charge in [-0.25, -0.2) is 0 Å². The average molecular weight is 277 g/mol.